The van der Waals surface area contributed by atoms with E-state index in [9.17, 15) is 8.42 Å². The SMILES string of the molecule is COc1cc(N)ccc1S(=O)(=O)Cc1ncccn1. The van der Waals surface area contributed by atoms with E-state index >= 15 is 0 Å². The molecule has 0 radical (unpaired) electrons. The van der Waals surface area contributed by atoms with Crippen molar-refractivity contribution in [2.45, 2.75) is 10.6 Å². The summed E-state index contributed by atoms with van der Waals surface area (Å²) in [6, 6.07) is 6.03. The fourth-order valence-corrected chi connectivity index (χ4v) is 2.96. The molecule has 6 nitrogen and oxygen atoms in total. The van der Waals surface area contributed by atoms with E-state index in [1.54, 1.807) is 6.07 Å². The molecule has 1 aromatic carbocycles. The summed E-state index contributed by atoms with van der Waals surface area (Å²) in [6.07, 6.45) is 3.00. The van der Waals surface area contributed by atoms with Crippen molar-refractivity contribution in [2.75, 3.05) is 12.8 Å². The summed E-state index contributed by atoms with van der Waals surface area (Å²) in [4.78, 5) is 7.89. The Morgan fingerprint density at radius 1 is 1.26 bits per heavy atom. The van der Waals surface area contributed by atoms with Crippen LogP contribution in [-0.4, -0.2) is 25.5 Å². The summed E-state index contributed by atoms with van der Waals surface area (Å²) in [6.45, 7) is 0. The van der Waals surface area contributed by atoms with E-state index in [2.05, 4.69) is 9.97 Å². The van der Waals surface area contributed by atoms with Crippen LogP contribution in [0.5, 0.6) is 5.75 Å². The zero-order valence-corrected chi connectivity index (χ0v) is 11.1. The molecule has 2 aromatic rings. The molecule has 0 saturated heterocycles. The third-order valence-corrected chi connectivity index (χ3v) is 4.11. The first kappa shape index (κ1) is 13.3. The van der Waals surface area contributed by atoms with Gasteiger partial charge in [-0.2, -0.15) is 0 Å². The summed E-state index contributed by atoms with van der Waals surface area (Å²) >= 11 is 0. The second-order valence-corrected chi connectivity index (χ2v) is 5.79. The molecule has 19 heavy (non-hydrogen) atoms. The minimum Gasteiger partial charge on any atom is -0.495 e. The molecule has 0 aliphatic heterocycles. The highest BCUT2D eigenvalue weighted by Crippen LogP contribution is 2.28. The molecule has 0 spiro atoms. The Bertz CT molecular complexity index is 672. The molecule has 0 aliphatic rings. The van der Waals surface area contributed by atoms with Crippen LogP contribution in [0.15, 0.2) is 41.6 Å². The fourth-order valence-electron chi connectivity index (χ4n) is 1.59. The van der Waals surface area contributed by atoms with Gasteiger partial charge in [-0.25, -0.2) is 18.4 Å². The van der Waals surface area contributed by atoms with Crippen molar-refractivity contribution in [3.8, 4) is 5.75 Å². The Morgan fingerprint density at radius 3 is 2.58 bits per heavy atom. The van der Waals surface area contributed by atoms with Crippen LogP contribution in [0, 0.1) is 0 Å². The molecule has 2 N–H and O–H groups in total. The number of hydrogen-bond donors (Lipinski definition) is 1. The maximum atomic E-state index is 12.3. The van der Waals surface area contributed by atoms with Gasteiger partial charge in [0.2, 0.25) is 0 Å². The number of benzene rings is 1. The van der Waals surface area contributed by atoms with Gasteiger partial charge in [0.15, 0.2) is 9.84 Å². The number of sulfone groups is 1. The van der Waals surface area contributed by atoms with Crippen LogP contribution >= 0.6 is 0 Å². The third-order valence-electron chi connectivity index (χ3n) is 2.46. The smallest absolute Gasteiger partial charge is 0.189 e. The number of nitrogen functional groups attached to an aromatic ring is 1. The van der Waals surface area contributed by atoms with Gasteiger partial charge in [0.1, 0.15) is 22.2 Å². The molecule has 100 valence electrons. The Kier molecular flexibility index (Phi) is 3.66. The summed E-state index contributed by atoms with van der Waals surface area (Å²) in [7, 11) is -2.18. The van der Waals surface area contributed by atoms with E-state index in [0.717, 1.165) is 0 Å². The quantitative estimate of drug-likeness (QED) is 0.840. The molecule has 7 heteroatoms. The molecule has 2 rings (SSSR count). The van der Waals surface area contributed by atoms with Crippen molar-refractivity contribution < 1.29 is 13.2 Å². The van der Waals surface area contributed by atoms with Gasteiger partial charge in [-0.3, -0.25) is 0 Å². The van der Waals surface area contributed by atoms with Gasteiger partial charge in [0, 0.05) is 24.1 Å². The van der Waals surface area contributed by atoms with E-state index in [0.29, 0.717) is 5.69 Å². The highest BCUT2D eigenvalue weighted by Gasteiger charge is 2.21. The van der Waals surface area contributed by atoms with Crippen LogP contribution in [-0.2, 0) is 15.6 Å². The van der Waals surface area contributed by atoms with Crippen molar-refractivity contribution in [1.82, 2.24) is 9.97 Å². The monoisotopic (exact) mass is 279 g/mol. The zero-order chi connectivity index (χ0) is 13.9. The van der Waals surface area contributed by atoms with Gasteiger partial charge < -0.3 is 10.5 Å². The minimum absolute atomic E-state index is 0.0802. The largest absolute Gasteiger partial charge is 0.495 e. The van der Waals surface area contributed by atoms with E-state index < -0.39 is 9.84 Å². The van der Waals surface area contributed by atoms with Crippen LogP contribution in [0.25, 0.3) is 0 Å². The van der Waals surface area contributed by atoms with Crippen LogP contribution in [0.2, 0.25) is 0 Å². The van der Waals surface area contributed by atoms with Crippen molar-refractivity contribution in [3.63, 3.8) is 0 Å². The first-order valence-corrected chi connectivity index (χ1v) is 7.10. The molecule has 0 amide bonds. The van der Waals surface area contributed by atoms with E-state index in [-0.39, 0.29) is 22.2 Å². The maximum Gasteiger partial charge on any atom is 0.189 e. The van der Waals surface area contributed by atoms with Crippen LogP contribution in [0.4, 0.5) is 5.69 Å². The lowest BCUT2D eigenvalue weighted by Crippen LogP contribution is -2.09. The predicted octanol–water partition coefficient (Wildman–Crippen LogP) is 1.04. The molecule has 1 heterocycles. The molecular formula is C12H13N3O3S. The Balaban J connectivity index is 2.40. The lowest BCUT2D eigenvalue weighted by Gasteiger charge is -2.09. The lowest BCUT2D eigenvalue weighted by molar-refractivity contribution is 0.403. The average Bonchev–Trinajstić information content (AvgIpc) is 2.38. The first-order chi connectivity index (χ1) is 9.03. The molecule has 0 bridgehead atoms. The van der Waals surface area contributed by atoms with Gasteiger partial charge in [-0.15, -0.1) is 0 Å². The van der Waals surface area contributed by atoms with Crippen LogP contribution < -0.4 is 10.5 Å². The van der Waals surface area contributed by atoms with Crippen molar-refractivity contribution in [1.29, 1.82) is 0 Å². The van der Waals surface area contributed by atoms with Crippen LogP contribution in [0.3, 0.4) is 0 Å². The number of nitrogens with zero attached hydrogens (tertiary/aromatic N) is 2. The topological polar surface area (TPSA) is 95.2 Å². The third kappa shape index (κ3) is 3.00. The van der Waals surface area contributed by atoms with E-state index in [1.807, 2.05) is 0 Å². The van der Waals surface area contributed by atoms with E-state index in [1.165, 1.54) is 37.7 Å². The number of aromatic nitrogens is 2. The lowest BCUT2D eigenvalue weighted by atomic mass is 10.3. The number of hydrogen-bond acceptors (Lipinski definition) is 6. The van der Waals surface area contributed by atoms with Gasteiger partial charge in [-0.05, 0) is 18.2 Å². The summed E-state index contributed by atoms with van der Waals surface area (Å²) in [5.74, 6) is 0.172. The average molecular weight is 279 g/mol. The minimum atomic E-state index is -3.58. The highest BCUT2D eigenvalue weighted by molar-refractivity contribution is 7.90. The molecule has 0 atom stereocenters. The summed E-state index contributed by atoms with van der Waals surface area (Å²) in [5, 5.41) is 0. The van der Waals surface area contributed by atoms with Crippen molar-refractivity contribution in [3.05, 3.63) is 42.5 Å². The number of ether oxygens (including phenoxy) is 1. The van der Waals surface area contributed by atoms with Gasteiger partial charge in [-0.1, -0.05) is 0 Å². The number of nitrogens with two attached hydrogens (primary N) is 1. The molecule has 1 aromatic heterocycles. The van der Waals surface area contributed by atoms with Crippen molar-refractivity contribution >= 4 is 15.5 Å². The Morgan fingerprint density at radius 2 is 1.95 bits per heavy atom. The summed E-state index contributed by atoms with van der Waals surface area (Å²) in [5.41, 5.74) is 6.04. The molecule has 0 fully saturated rings. The number of methoxy groups -OCH3 is 1. The molecule has 0 saturated carbocycles. The number of anilines is 1. The Hall–Kier alpha value is -2.15. The summed E-state index contributed by atoms with van der Waals surface area (Å²) < 4.78 is 29.6. The molecule has 0 aliphatic carbocycles. The highest BCUT2D eigenvalue weighted by atomic mass is 32.2. The standard InChI is InChI=1S/C12H13N3O3S/c1-18-10-7-9(13)3-4-11(10)19(16,17)8-12-14-5-2-6-15-12/h2-7H,8,13H2,1H3. The van der Waals surface area contributed by atoms with E-state index in [4.69, 9.17) is 10.5 Å². The normalized spacial score (nSPS) is 11.2. The zero-order valence-electron chi connectivity index (χ0n) is 10.3. The van der Waals surface area contributed by atoms with Crippen LogP contribution in [0.1, 0.15) is 5.82 Å². The second-order valence-electron chi connectivity index (χ2n) is 3.83. The molecular weight excluding hydrogens is 266 g/mol. The Labute approximate surface area is 111 Å². The second kappa shape index (κ2) is 5.23. The van der Waals surface area contributed by atoms with Gasteiger partial charge in [0.25, 0.3) is 0 Å². The van der Waals surface area contributed by atoms with Gasteiger partial charge >= 0.3 is 0 Å². The molecule has 0 unspecified atom stereocenters. The predicted molar refractivity (Wildman–Crippen MR) is 70.3 cm³/mol. The number of rotatable bonds is 4. The fraction of sp³-hybridized carbons (Fsp3) is 0.167. The van der Waals surface area contributed by atoms with Crippen molar-refractivity contribution in [2.24, 2.45) is 0 Å². The van der Waals surface area contributed by atoms with Gasteiger partial charge in [0.05, 0.1) is 7.11 Å². The first-order valence-electron chi connectivity index (χ1n) is 5.45. The maximum absolute atomic E-state index is 12.3.